The molecule has 4 N–H and O–H groups in total. The van der Waals surface area contributed by atoms with Crippen molar-refractivity contribution in [2.45, 2.75) is 32.2 Å². The van der Waals surface area contributed by atoms with E-state index >= 15 is 0 Å². The monoisotopic (exact) mass is 250 g/mol. The fourth-order valence-corrected chi connectivity index (χ4v) is 1.69. The summed E-state index contributed by atoms with van der Waals surface area (Å²) < 4.78 is 5.11. The lowest BCUT2D eigenvalue weighted by atomic mass is 9.96. The van der Waals surface area contributed by atoms with Crippen LogP contribution in [0, 0.1) is 0 Å². The first-order valence-electron chi connectivity index (χ1n) is 6.26. The summed E-state index contributed by atoms with van der Waals surface area (Å²) in [5.41, 5.74) is 13.3. The van der Waals surface area contributed by atoms with E-state index in [2.05, 4.69) is 26.0 Å². The van der Waals surface area contributed by atoms with E-state index in [4.69, 9.17) is 16.2 Å². The Morgan fingerprint density at radius 1 is 1.28 bits per heavy atom. The lowest BCUT2D eigenvalue weighted by molar-refractivity contribution is -0.122. The second-order valence-corrected chi connectivity index (χ2v) is 4.56. The molecule has 100 valence electrons. The standard InChI is InChI=1S/C14H22N2O2/c1-3-10(2)11-4-6-12(7-5-11)13(15)8-18-9-14(16)17/h4-7,10,13H,3,8-9,15H2,1-2H3,(H2,16,17). The van der Waals surface area contributed by atoms with Crippen LogP contribution in [0.3, 0.4) is 0 Å². The Hall–Kier alpha value is -1.39. The second kappa shape index (κ2) is 7.13. The molecule has 0 fully saturated rings. The lowest BCUT2D eigenvalue weighted by Gasteiger charge is -2.14. The first-order valence-corrected chi connectivity index (χ1v) is 6.26. The van der Waals surface area contributed by atoms with Crippen LogP contribution in [0.5, 0.6) is 0 Å². The van der Waals surface area contributed by atoms with Gasteiger partial charge < -0.3 is 16.2 Å². The highest BCUT2D eigenvalue weighted by molar-refractivity contribution is 5.74. The van der Waals surface area contributed by atoms with Gasteiger partial charge in [-0.05, 0) is 23.5 Å². The largest absolute Gasteiger partial charge is 0.370 e. The molecule has 0 aliphatic heterocycles. The minimum absolute atomic E-state index is 0.0847. The molecule has 4 nitrogen and oxygen atoms in total. The molecule has 0 saturated heterocycles. The van der Waals surface area contributed by atoms with Gasteiger partial charge in [-0.25, -0.2) is 0 Å². The second-order valence-electron chi connectivity index (χ2n) is 4.56. The number of carbonyl (C=O) groups is 1. The van der Waals surface area contributed by atoms with Crippen LogP contribution in [-0.2, 0) is 9.53 Å². The summed E-state index contributed by atoms with van der Waals surface area (Å²) in [6.07, 6.45) is 1.12. The van der Waals surface area contributed by atoms with Crippen molar-refractivity contribution in [2.24, 2.45) is 11.5 Å². The predicted molar refractivity (Wildman–Crippen MR) is 72.1 cm³/mol. The van der Waals surface area contributed by atoms with E-state index in [1.165, 1.54) is 5.56 Å². The van der Waals surface area contributed by atoms with Gasteiger partial charge in [0.1, 0.15) is 6.61 Å². The maximum atomic E-state index is 10.5. The summed E-state index contributed by atoms with van der Waals surface area (Å²) in [4.78, 5) is 10.5. The zero-order chi connectivity index (χ0) is 13.5. The molecule has 0 spiro atoms. The Morgan fingerprint density at radius 3 is 2.33 bits per heavy atom. The minimum atomic E-state index is -0.477. The molecule has 2 atom stereocenters. The fraction of sp³-hybridized carbons (Fsp3) is 0.500. The Balaban J connectivity index is 2.53. The van der Waals surface area contributed by atoms with Crippen LogP contribution in [0.25, 0.3) is 0 Å². The number of primary amides is 1. The molecule has 1 amide bonds. The molecule has 1 rings (SSSR count). The van der Waals surface area contributed by atoms with Crippen LogP contribution < -0.4 is 11.5 Å². The van der Waals surface area contributed by atoms with Gasteiger partial charge in [0.05, 0.1) is 12.6 Å². The molecule has 4 heteroatoms. The maximum absolute atomic E-state index is 10.5. The van der Waals surface area contributed by atoms with Crippen LogP contribution in [-0.4, -0.2) is 19.1 Å². The van der Waals surface area contributed by atoms with Crippen molar-refractivity contribution in [1.82, 2.24) is 0 Å². The number of rotatable bonds is 7. The fourth-order valence-electron chi connectivity index (χ4n) is 1.69. The van der Waals surface area contributed by atoms with E-state index in [-0.39, 0.29) is 12.6 Å². The highest BCUT2D eigenvalue weighted by atomic mass is 16.5. The maximum Gasteiger partial charge on any atom is 0.243 e. The normalized spacial score (nSPS) is 14.2. The van der Waals surface area contributed by atoms with Crippen molar-refractivity contribution >= 4 is 5.91 Å². The van der Waals surface area contributed by atoms with Gasteiger partial charge in [-0.15, -0.1) is 0 Å². The molecule has 1 aromatic carbocycles. The molecule has 0 radical (unpaired) electrons. The lowest BCUT2D eigenvalue weighted by Crippen LogP contribution is -2.23. The van der Waals surface area contributed by atoms with Crippen LogP contribution in [0.15, 0.2) is 24.3 Å². The number of nitrogens with two attached hydrogens (primary N) is 2. The van der Waals surface area contributed by atoms with Gasteiger partial charge in [0.15, 0.2) is 0 Å². The number of hydrogen-bond acceptors (Lipinski definition) is 3. The molecule has 18 heavy (non-hydrogen) atoms. The zero-order valence-corrected chi connectivity index (χ0v) is 11.1. The van der Waals surface area contributed by atoms with Gasteiger partial charge in [0, 0.05) is 0 Å². The molecule has 0 aliphatic carbocycles. The summed E-state index contributed by atoms with van der Waals surface area (Å²) in [7, 11) is 0. The molecule has 0 heterocycles. The summed E-state index contributed by atoms with van der Waals surface area (Å²) in [6.45, 7) is 4.58. The van der Waals surface area contributed by atoms with Gasteiger partial charge in [-0.3, -0.25) is 4.79 Å². The van der Waals surface area contributed by atoms with E-state index in [1.807, 2.05) is 12.1 Å². The smallest absolute Gasteiger partial charge is 0.243 e. The Labute approximate surface area is 108 Å². The van der Waals surface area contributed by atoms with Crippen molar-refractivity contribution in [3.05, 3.63) is 35.4 Å². The number of amides is 1. The van der Waals surface area contributed by atoms with Crippen LogP contribution in [0.4, 0.5) is 0 Å². The molecule has 0 saturated carbocycles. The predicted octanol–water partition coefficient (Wildman–Crippen LogP) is 1.70. The van der Waals surface area contributed by atoms with Crippen molar-refractivity contribution in [1.29, 1.82) is 0 Å². The Bertz CT molecular complexity index is 376. The van der Waals surface area contributed by atoms with E-state index in [0.29, 0.717) is 12.5 Å². The van der Waals surface area contributed by atoms with Gasteiger partial charge in [-0.2, -0.15) is 0 Å². The number of carbonyl (C=O) groups excluding carboxylic acids is 1. The van der Waals surface area contributed by atoms with Crippen molar-refractivity contribution in [2.75, 3.05) is 13.2 Å². The van der Waals surface area contributed by atoms with E-state index in [1.54, 1.807) is 0 Å². The van der Waals surface area contributed by atoms with Crippen molar-refractivity contribution in [3.8, 4) is 0 Å². The summed E-state index contributed by atoms with van der Waals surface area (Å²) in [5, 5.41) is 0. The zero-order valence-electron chi connectivity index (χ0n) is 11.1. The van der Waals surface area contributed by atoms with Gasteiger partial charge >= 0.3 is 0 Å². The molecule has 0 bridgehead atoms. The first kappa shape index (κ1) is 14.7. The van der Waals surface area contributed by atoms with E-state index in [9.17, 15) is 4.79 Å². The summed E-state index contributed by atoms with van der Waals surface area (Å²) in [6, 6.07) is 7.99. The molecule has 2 unspecified atom stereocenters. The SMILES string of the molecule is CCC(C)c1ccc(C(N)COCC(N)=O)cc1. The topological polar surface area (TPSA) is 78.3 Å². The summed E-state index contributed by atoms with van der Waals surface area (Å²) >= 11 is 0. The highest BCUT2D eigenvalue weighted by Gasteiger charge is 2.08. The first-order chi connectivity index (χ1) is 8.54. The molecular formula is C14H22N2O2. The summed E-state index contributed by atoms with van der Waals surface area (Å²) in [5.74, 6) is 0.0794. The third kappa shape index (κ3) is 4.47. The molecule has 0 aromatic heterocycles. The molecular weight excluding hydrogens is 228 g/mol. The van der Waals surface area contributed by atoms with Gasteiger partial charge in [-0.1, -0.05) is 38.1 Å². The Morgan fingerprint density at radius 2 is 1.83 bits per heavy atom. The average Bonchev–Trinajstić information content (AvgIpc) is 2.37. The highest BCUT2D eigenvalue weighted by Crippen LogP contribution is 2.20. The quantitative estimate of drug-likeness (QED) is 0.773. The molecule has 0 aliphatic rings. The minimum Gasteiger partial charge on any atom is -0.370 e. The van der Waals surface area contributed by atoms with Gasteiger partial charge in [0.2, 0.25) is 5.91 Å². The van der Waals surface area contributed by atoms with Crippen molar-refractivity contribution in [3.63, 3.8) is 0 Å². The van der Waals surface area contributed by atoms with Crippen LogP contribution >= 0.6 is 0 Å². The van der Waals surface area contributed by atoms with Gasteiger partial charge in [0.25, 0.3) is 0 Å². The third-order valence-electron chi connectivity index (χ3n) is 3.09. The molecule has 1 aromatic rings. The van der Waals surface area contributed by atoms with Crippen LogP contribution in [0.2, 0.25) is 0 Å². The Kier molecular flexibility index (Phi) is 5.82. The number of ether oxygens (including phenoxy) is 1. The van der Waals surface area contributed by atoms with E-state index < -0.39 is 5.91 Å². The van der Waals surface area contributed by atoms with Crippen LogP contribution in [0.1, 0.15) is 43.4 Å². The number of hydrogen-bond donors (Lipinski definition) is 2. The number of benzene rings is 1. The van der Waals surface area contributed by atoms with E-state index in [0.717, 1.165) is 12.0 Å². The average molecular weight is 250 g/mol. The van der Waals surface area contributed by atoms with Crippen molar-refractivity contribution < 1.29 is 9.53 Å². The third-order valence-corrected chi connectivity index (χ3v) is 3.09.